The van der Waals surface area contributed by atoms with Crippen molar-refractivity contribution in [2.45, 2.75) is 18.1 Å². The van der Waals surface area contributed by atoms with Gasteiger partial charge >= 0.3 is 10.2 Å². The van der Waals surface area contributed by atoms with Crippen molar-refractivity contribution in [1.29, 1.82) is 0 Å². The molecule has 0 fully saturated rings. The molecule has 1 aromatic rings. The van der Waals surface area contributed by atoms with Crippen LogP contribution in [0, 0.1) is 0 Å². The van der Waals surface area contributed by atoms with Crippen molar-refractivity contribution in [3.05, 3.63) is 29.3 Å². The van der Waals surface area contributed by atoms with Gasteiger partial charge in [0.1, 0.15) is 0 Å². The van der Waals surface area contributed by atoms with Crippen LogP contribution in [0.4, 0.5) is 3.89 Å². The highest BCUT2D eigenvalue weighted by Gasteiger charge is 2.13. The van der Waals surface area contributed by atoms with Crippen LogP contribution in [0.3, 0.4) is 0 Å². The van der Waals surface area contributed by atoms with Crippen LogP contribution in [0.2, 0.25) is 0 Å². The summed E-state index contributed by atoms with van der Waals surface area (Å²) >= 11 is 0. The summed E-state index contributed by atoms with van der Waals surface area (Å²) in [5.41, 5.74) is 0.487. The van der Waals surface area contributed by atoms with Gasteiger partial charge in [-0.1, -0.05) is 6.07 Å². The average Bonchev–Trinajstić information content (AvgIpc) is 2.15. The second kappa shape index (κ2) is 4.04. The zero-order valence-corrected chi connectivity index (χ0v) is 7.96. The Morgan fingerprint density at radius 2 is 1.50 bits per heavy atom. The maximum atomic E-state index is 12.6. The molecule has 14 heavy (non-hydrogen) atoms. The quantitative estimate of drug-likeness (QED) is 0.720. The third-order valence-corrected chi connectivity index (χ3v) is 2.47. The fraction of sp³-hybridized carbons (Fsp3) is 0.250. The lowest BCUT2D eigenvalue weighted by molar-refractivity contribution is 0.275. The molecule has 1 aromatic carbocycles. The van der Waals surface area contributed by atoms with E-state index in [1.165, 1.54) is 6.07 Å². The molecule has 0 amide bonds. The molecule has 0 aliphatic heterocycles. The van der Waals surface area contributed by atoms with E-state index in [1.54, 1.807) is 0 Å². The SMILES string of the molecule is O=S(=O)(F)c1cc(CO)cc(CO)c1. The predicted molar refractivity (Wildman–Crippen MR) is 46.6 cm³/mol. The fourth-order valence-corrected chi connectivity index (χ4v) is 1.64. The van der Waals surface area contributed by atoms with Crippen molar-refractivity contribution in [3.8, 4) is 0 Å². The largest absolute Gasteiger partial charge is 0.392 e. The molecule has 2 N–H and O–H groups in total. The van der Waals surface area contributed by atoms with Crippen LogP contribution in [0.15, 0.2) is 23.1 Å². The lowest BCUT2D eigenvalue weighted by Crippen LogP contribution is -1.97. The van der Waals surface area contributed by atoms with Crippen LogP contribution in [-0.4, -0.2) is 18.6 Å². The van der Waals surface area contributed by atoms with Gasteiger partial charge in [-0.3, -0.25) is 0 Å². The highest BCUT2D eigenvalue weighted by atomic mass is 32.3. The lowest BCUT2D eigenvalue weighted by Gasteiger charge is -2.03. The minimum atomic E-state index is -4.79. The first-order valence-corrected chi connectivity index (χ1v) is 5.15. The molecule has 0 saturated carbocycles. The Morgan fingerprint density at radius 1 is 1.07 bits per heavy atom. The summed E-state index contributed by atoms with van der Waals surface area (Å²) in [4.78, 5) is -0.548. The minimum Gasteiger partial charge on any atom is -0.392 e. The van der Waals surface area contributed by atoms with Crippen molar-refractivity contribution in [3.63, 3.8) is 0 Å². The number of rotatable bonds is 3. The van der Waals surface area contributed by atoms with Gasteiger partial charge in [0.05, 0.1) is 18.1 Å². The third kappa shape index (κ3) is 2.50. The van der Waals surface area contributed by atoms with Gasteiger partial charge in [0, 0.05) is 0 Å². The Hall–Kier alpha value is -0.980. The van der Waals surface area contributed by atoms with Gasteiger partial charge in [0.15, 0.2) is 0 Å². The first kappa shape index (κ1) is 11.1. The maximum Gasteiger partial charge on any atom is 0.332 e. The van der Waals surface area contributed by atoms with Crippen molar-refractivity contribution in [2.24, 2.45) is 0 Å². The van der Waals surface area contributed by atoms with Gasteiger partial charge in [-0.05, 0) is 23.3 Å². The molecule has 0 aliphatic rings. The number of aliphatic hydroxyl groups excluding tert-OH is 2. The smallest absolute Gasteiger partial charge is 0.332 e. The first-order chi connectivity index (χ1) is 6.47. The number of benzene rings is 1. The first-order valence-electron chi connectivity index (χ1n) is 3.76. The zero-order valence-electron chi connectivity index (χ0n) is 7.14. The second-order valence-corrected chi connectivity index (χ2v) is 4.09. The highest BCUT2D eigenvalue weighted by Crippen LogP contribution is 2.17. The Labute approximate surface area is 80.8 Å². The Bertz CT molecular complexity index is 405. The summed E-state index contributed by atoms with van der Waals surface area (Å²) in [5, 5.41) is 17.5. The van der Waals surface area contributed by atoms with Crippen LogP contribution < -0.4 is 0 Å². The lowest BCUT2D eigenvalue weighted by atomic mass is 10.1. The molecule has 1 rings (SSSR count). The van der Waals surface area contributed by atoms with Crippen LogP contribution in [0.5, 0.6) is 0 Å². The number of aliphatic hydroxyl groups is 2. The van der Waals surface area contributed by atoms with E-state index in [1.807, 2.05) is 0 Å². The van der Waals surface area contributed by atoms with E-state index in [9.17, 15) is 12.3 Å². The van der Waals surface area contributed by atoms with Gasteiger partial charge in [-0.2, -0.15) is 8.42 Å². The van der Waals surface area contributed by atoms with Crippen molar-refractivity contribution in [1.82, 2.24) is 0 Å². The third-order valence-electron chi connectivity index (χ3n) is 1.67. The molecule has 0 heterocycles. The van der Waals surface area contributed by atoms with E-state index in [0.717, 1.165) is 12.1 Å². The van der Waals surface area contributed by atoms with E-state index in [2.05, 4.69) is 0 Å². The second-order valence-electron chi connectivity index (χ2n) is 2.74. The van der Waals surface area contributed by atoms with Crippen LogP contribution in [-0.2, 0) is 23.4 Å². The van der Waals surface area contributed by atoms with E-state index in [4.69, 9.17) is 10.2 Å². The van der Waals surface area contributed by atoms with Gasteiger partial charge in [-0.25, -0.2) is 0 Å². The zero-order chi connectivity index (χ0) is 10.8. The molecule has 0 atom stereocenters. The number of hydrogen-bond acceptors (Lipinski definition) is 4. The molecular formula is C8H9FO4S. The Morgan fingerprint density at radius 3 is 1.79 bits per heavy atom. The topological polar surface area (TPSA) is 74.6 Å². The summed E-state index contributed by atoms with van der Waals surface area (Å²) in [5.74, 6) is 0. The summed E-state index contributed by atoms with van der Waals surface area (Å²) < 4.78 is 33.6. The standard InChI is InChI=1S/C8H9FO4S/c9-14(12,13)8-2-6(4-10)1-7(3-8)5-11/h1-3,10-11H,4-5H2. The molecule has 6 heteroatoms. The van der Waals surface area contributed by atoms with Crippen LogP contribution in [0.1, 0.15) is 11.1 Å². The number of halogens is 1. The van der Waals surface area contributed by atoms with Crippen molar-refractivity contribution >= 4 is 10.2 Å². The molecule has 78 valence electrons. The minimum absolute atomic E-state index is 0.243. The number of hydrogen-bond donors (Lipinski definition) is 2. The molecule has 0 aromatic heterocycles. The summed E-state index contributed by atoms with van der Waals surface area (Å²) in [6.07, 6.45) is 0. The molecule has 0 spiro atoms. The molecule has 0 aliphatic carbocycles. The van der Waals surface area contributed by atoms with E-state index < -0.39 is 28.3 Å². The van der Waals surface area contributed by atoms with E-state index in [-0.39, 0.29) is 11.1 Å². The monoisotopic (exact) mass is 220 g/mol. The summed E-state index contributed by atoms with van der Waals surface area (Å²) in [6.45, 7) is -0.813. The molecular weight excluding hydrogens is 211 g/mol. The van der Waals surface area contributed by atoms with Crippen molar-refractivity contribution < 1.29 is 22.5 Å². The van der Waals surface area contributed by atoms with Gasteiger partial charge in [0.2, 0.25) is 0 Å². The Kier molecular flexibility index (Phi) is 3.20. The van der Waals surface area contributed by atoms with Gasteiger partial charge < -0.3 is 10.2 Å². The average molecular weight is 220 g/mol. The predicted octanol–water partition coefficient (Wildman–Crippen LogP) is 0.329. The summed E-state index contributed by atoms with van der Waals surface area (Å²) in [7, 11) is -4.79. The highest BCUT2D eigenvalue weighted by molar-refractivity contribution is 7.86. The van der Waals surface area contributed by atoms with Crippen LogP contribution in [0.25, 0.3) is 0 Å². The van der Waals surface area contributed by atoms with Crippen LogP contribution >= 0.6 is 0 Å². The Balaban J connectivity index is 3.32. The molecule has 0 saturated heterocycles. The summed E-state index contributed by atoms with van der Waals surface area (Å²) in [6, 6.07) is 3.44. The van der Waals surface area contributed by atoms with E-state index in [0.29, 0.717) is 0 Å². The molecule has 0 bridgehead atoms. The van der Waals surface area contributed by atoms with Gasteiger partial charge in [0.25, 0.3) is 0 Å². The van der Waals surface area contributed by atoms with E-state index >= 15 is 0 Å². The fourth-order valence-electron chi connectivity index (χ4n) is 1.05. The molecule has 0 radical (unpaired) electrons. The molecule has 0 unspecified atom stereocenters. The molecule has 4 nitrogen and oxygen atoms in total. The van der Waals surface area contributed by atoms with Gasteiger partial charge in [-0.15, -0.1) is 3.89 Å². The maximum absolute atomic E-state index is 12.6. The van der Waals surface area contributed by atoms with Crippen molar-refractivity contribution in [2.75, 3.05) is 0 Å². The normalized spacial score (nSPS) is 11.6.